The molecule has 3 atom stereocenters. The first-order valence-electron chi connectivity index (χ1n) is 9.90. The minimum atomic E-state index is -4.47. The van der Waals surface area contributed by atoms with Gasteiger partial charge in [-0.15, -0.1) is 0 Å². The van der Waals surface area contributed by atoms with Gasteiger partial charge in [-0.05, 0) is 42.8 Å². The lowest BCUT2D eigenvalue weighted by Crippen LogP contribution is -2.48. The molecule has 1 aliphatic heterocycles. The zero-order valence-corrected chi connectivity index (χ0v) is 17.5. The summed E-state index contributed by atoms with van der Waals surface area (Å²) in [5, 5.41) is 28.5. The molecule has 172 valence electrons. The standard InChI is InChI=1S/C22H24F3N3O4/c1-13-18(20(29)26-12-14-6-8-15(9-7-14)21(30)31)11-19(28(2)27-13)32-17-5-3-4-16(10-17)22(23,24)25/h3-10,18-20,26,29H,11-12H2,1-2H3,(H,30,31). The van der Waals surface area contributed by atoms with Crippen LogP contribution >= 0.6 is 0 Å². The summed E-state index contributed by atoms with van der Waals surface area (Å²) in [6, 6.07) is 10.9. The fourth-order valence-corrected chi connectivity index (χ4v) is 3.44. The lowest BCUT2D eigenvalue weighted by Gasteiger charge is -2.36. The maximum atomic E-state index is 13.0. The van der Waals surface area contributed by atoms with Crippen molar-refractivity contribution in [2.24, 2.45) is 11.0 Å². The maximum absolute atomic E-state index is 13.0. The Hall–Kier alpha value is -3.11. The molecule has 1 heterocycles. The Morgan fingerprint density at radius 1 is 1.28 bits per heavy atom. The van der Waals surface area contributed by atoms with Crippen LogP contribution in [0.5, 0.6) is 5.75 Å². The normalized spacial score (nSPS) is 19.9. The third-order valence-electron chi connectivity index (χ3n) is 5.26. The number of aromatic carboxylic acids is 1. The number of hydrazone groups is 1. The van der Waals surface area contributed by atoms with Crippen LogP contribution in [-0.4, -0.2) is 46.4 Å². The average molecular weight is 451 g/mol. The predicted molar refractivity (Wildman–Crippen MR) is 111 cm³/mol. The summed E-state index contributed by atoms with van der Waals surface area (Å²) < 4.78 is 44.7. The molecule has 10 heteroatoms. The van der Waals surface area contributed by atoms with Gasteiger partial charge in [-0.3, -0.25) is 10.3 Å². The molecular weight excluding hydrogens is 427 g/mol. The van der Waals surface area contributed by atoms with Gasteiger partial charge in [0.05, 0.1) is 11.1 Å². The van der Waals surface area contributed by atoms with Crippen LogP contribution < -0.4 is 10.1 Å². The number of nitrogens with one attached hydrogen (secondary N) is 1. The molecule has 7 nitrogen and oxygen atoms in total. The van der Waals surface area contributed by atoms with Crippen molar-refractivity contribution in [1.82, 2.24) is 10.3 Å². The van der Waals surface area contributed by atoms with Crippen molar-refractivity contribution in [3.8, 4) is 5.75 Å². The molecule has 0 amide bonds. The number of aliphatic hydroxyl groups is 1. The number of carboxylic acids is 1. The van der Waals surface area contributed by atoms with E-state index in [0.717, 1.165) is 17.7 Å². The highest BCUT2D eigenvalue weighted by molar-refractivity contribution is 5.87. The Labute approximate surface area is 183 Å². The Kier molecular flexibility index (Phi) is 7.05. The third-order valence-corrected chi connectivity index (χ3v) is 5.26. The predicted octanol–water partition coefficient (Wildman–Crippen LogP) is 3.54. The fraction of sp³-hybridized carbons (Fsp3) is 0.364. The second kappa shape index (κ2) is 9.58. The van der Waals surface area contributed by atoms with Crippen molar-refractivity contribution in [3.63, 3.8) is 0 Å². The van der Waals surface area contributed by atoms with Gasteiger partial charge in [-0.1, -0.05) is 18.2 Å². The summed E-state index contributed by atoms with van der Waals surface area (Å²) in [6.07, 6.45) is -5.83. The van der Waals surface area contributed by atoms with E-state index in [2.05, 4.69) is 10.4 Å². The largest absolute Gasteiger partial charge is 0.478 e. The van der Waals surface area contributed by atoms with Crippen LogP contribution in [0.1, 0.15) is 34.8 Å². The van der Waals surface area contributed by atoms with E-state index in [9.17, 15) is 23.1 Å². The number of hydrogen-bond acceptors (Lipinski definition) is 6. The van der Waals surface area contributed by atoms with Crippen molar-refractivity contribution in [1.29, 1.82) is 0 Å². The number of nitrogens with zero attached hydrogens (tertiary/aromatic N) is 2. The Bertz CT molecular complexity index is 979. The first kappa shape index (κ1) is 23.6. The number of benzene rings is 2. The SMILES string of the molecule is CC1=NN(C)C(Oc2cccc(C(F)(F)F)c2)CC1C(O)NCc1ccc(C(=O)O)cc1. The van der Waals surface area contributed by atoms with Crippen LogP contribution in [0.2, 0.25) is 0 Å². The molecular formula is C22H24F3N3O4. The molecule has 32 heavy (non-hydrogen) atoms. The smallest absolute Gasteiger partial charge is 0.416 e. The highest BCUT2D eigenvalue weighted by Gasteiger charge is 2.34. The fourth-order valence-electron chi connectivity index (χ4n) is 3.44. The molecule has 0 bridgehead atoms. The van der Waals surface area contributed by atoms with Crippen molar-refractivity contribution >= 4 is 11.7 Å². The Balaban J connectivity index is 1.65. The molecule has 0 fully saturated rings. The Morgan fingerprint density at radius 2 is 1.97 bits per heavy atom. The van der Waals surface area contributed by atoms with Gasteiger partial charge in [0, 0.05) is 31.6 Å². The molecule has 0 aliphatic carbocycles. The van der Waals surface area contributed by atoms with E-state index >= 15 is 0 Å². The number of aliphatic hydroxyl groups excluding tert-OH is 1. The molecule has 2 aromatic rings. The van der Waals surface area contributed by atoms with Gasteiger partial charge in [0.25, 0.3) is 0 Å². The number of carboxylic acid groups (broad SMARTS) is 1. The Morgan fingerprint density at radius 3 is 2.59 bits per heavy atom. The molecule has 0 saturated heterocycles. The van der Waals surface area contributed by atoms with E-state index in [1.54, 1.807) is 26.1 Å². The number of hydrogen-bond donors (Lipinski definition) is 3. The highest BCUT2D eigenvalue weighted by atomic mass is 19.4. The van der Waals surface area contributed by atoms with Crippen LogP contribution in [0.4, 0.5) is 13.2 Å². The van der Waals surface area contributed by atoms with Gasteiger partial charge >= 0.3 is 12.1 Å². The van der Waals surface area contributed by atoms with E-state index in [0.29, 0.717) is 18.7 Å². The monoisotopic (exact) mass is 451 g/mol. The minimum absolute atomic E-state index is 0.0612. The molecule has 0 radical (unpaired) electrons. The van der Waals surface area contributed by atoms with Gasteiger partial charge in [-0.25, -0.2) is 4.79 Å². The summed E-state index contributed by atoms with van der Waals surface area (Å²) in [6.45, 7) is 2.05. The van der Waals surface area contributed by atoms with Gasteiger partial charge < -0.3 is 14.9 Å². The first-order valence-corrected chi connectivity index (χ1v) is 9.90. The maximum Gasteiger partial charge on any atom is 0.416 e. The topological polar surface area (TPSA) is 94.4 Å². The van der Waals surface area contributed by atoms with E-state index in [4.69, 9.17) is 9.84 Å². The first-order chi connectivity index (χ1) is 15.0. The van der Waals surface area contributed by atoms with Gasteiger partial charge in [0.15, 0.2) is 6.23 Å². The number of carbonyl (C=O) groups is 1. The van der Waals surface area contributed by atoms with Crippen LogP contribution in [0.25, 0.3) is 0 Å². The second-order valence-electron chi connectivity index (χ2n) is 7.58. The van der Waals surface area contributed by atoms with Crippen LogP contribution in [0.3, 0.4) is 0 Å². The van der Waals surface area contributed by atoms with Crippen LogP contribution in [0.15, 0.2) is 53.6 Å². The van der Waals surface area contributed by atoms with E-state index in [1.165, 1.54) is 29.3 Å². The number of alkyl halides is 3. The zero-order chi connectivity index (χ0) is 23.5. The third kappa shape index (κ3) is 5.77. The van der Waals surface area contributed by atoms with Gasteiger partial charge in [0.2, 0.25) is 0 Å². The molecule has 0 spiro atoms. The molecule has 0 saturated carbocycles. The molecule has 1 aliphatic rings. The number of rotatable bonds is 7. The average Bonchev–Trinajstić information content (AvgIpc) is 2.74. The molecule has 2 aromatic carbocycles. The van der Waals surface area contributed by atoms with Gasteiger partial charge in [0.1, 0.15) is 12.0 Å². The van der Waals surface area contributed by atoms with Crippen LogP contribution in [-0.2, 0) is 12.7 Å². The van der Waals surface area contributed by atoms with E-state index < -0.39 is 36.1 Å². The van der Waals surface area contributed by atoms with Gasteiger partial charge in [-0.2, -0.15) is 18.3 Å². The van der Waals surface area contributed by atoms with Crippen molar-refractivity contribution in [3.05, 3.63) is 65.2 Å². The number of halogens is 3. The highest BCUT2D eigenvalue weighted by Crippen LogP contribution is 2.32. The van der Waals surface area contributed by atoms with Crippen molar-refractivity contribution < 1.29 is 32.9 Å². The molecule has 3 N–H and O–H groups in total. The summed E-state index contributed by atoms with van der Waals surface area (Å²) in [4.78, 5) is 10.9. The minimum Gasteiger partial charge on any atom is -0.478 e. The molecule has 0 aromatic heterocycles. The molecule has 3 rings (SSSR count). The zero-order valence-electron chi connectivity index (χ0n) is 17.5. The number of ether oxygens (including phenoxy) is 1. The lowest BCUT2D eigenvalue weighted by atomic mass is 9.95. The van der Waals surface area contributed by atoms with Crippen LogP contribution in [0, 0.1) is 5.92 Å². The quantitative estimate of drug-likeness (QED) is 0.558. The summed E-state index contributed by atoms with van der Waals surface area (Å²) in [5.41, 5.74) is 0.799. The van der Waals surface area contributed by atoms with Crippen molar-refractivity contribution in [2.75, 3.05) is 7.05 Å². The van der Waals surface area contributed by atoms with Crippen molar-refractivity contribution in [2.45, 2.75) is 38.5 Å². The summed E-state index contributed by atoms with van der Waals surface area (Å²) in [7, 11) is 1.65. The lowest BCUT2D eigenvalue weighted by molar-refractivity contribution is -0.137. The second-order valence-corrected chi connectivity index (χ2v) is 7.58. The van der Waals surface area contributed by atoms with E-state index in [1.807, 2.05) is 0 Å². The summed E-state index contributed by atoms with van der Waals surface area (Å²) in [5.74, 6) is -1.39. The molecule has 3 unspecified atom stereocenters. The summed E-state index contributed by atoms with van der Waals surface area (Å²) >= 11 is 0. The van der Waals surface area contributed by atoms with E-state index in [-0.39, 0.29) is 11.3 Å².